The van der Waals surface area contributed by atoms with Gasteiger partial charge in [0.05, 0.1) is 0 Å². The molecule has 0 heterocycles. The summed E-state index contributed by atoms with van der Waals surface area (Å²) in [6, 6.07) is 0. The van der Waals surface area contributed by atoms with Crippen LogP contribution in [0, 0.1) is 5.92 Å². The van der Waals surface area contributed by atoms with Crippen LogP contribution in [0.1, 0.15) is 53.4 Å². The van der Waals surface area contributed by atoms with Gasteiger partial charge in [-0.05, 0) is 63.5 Å². The minimum absolute atomic E-state index is 0.680. The zero-order valence-electron chi connectivity index (χ0n) is 10.7. The zero-order valence-corrected chi connectivity index (χ0v) is 10.7. The first-order valence-electron chi connectivity index (χ1n) is 6.07. The Morgan fingerprint density at radius 3 is 2.27 bits per heavy atom. The average molecular weight is 204 g/mol. The minimum Gasteiger partial charge on any atom is -0.103 e. The molecule has 1 aliphatic carbocycles. The van der Waals surface area contributed by atoms with Crippen LogP contribution >= 0.6 is 0 Å². The first-order valence-corrected chi connectivity index (χ1v) is 6.07. The smallest absolute Gasteiger partial charge is 0.00152 e. The highest BCUT2D eigenvalue weighted by Crippen LogP contribution is 2.38. The van der Waals surface area contributed by atoms with Crippen LogP contribution < -0.4 is 0 Å². The molecule has 84 valence electrons. The largest absolute Gasteiger partial charge is 0.103 e. The molecule has 0 bridgehead atoms. The van der Waals surface area contributed by atoms with Crippen molar-refractivity contribution in [1.82, 2.24) is 0 Å². The predicted molar refractivity (Wildman–Crippen MR) is 68.9 cm³/mol. The van der Waals surface area contributed by atoms with Gasteiger partial charge in [-0.15, -0.1) is 6.58 Å². The number of allylic oxidation sites excluding steroid dienone is 5. The maximum atomic E-state index is 3.76. The Morgan fingerprint density at radius 2 is 1.80 bits per heavy atom. The fraction of sp³-hybridized carbons (Fsp3) is 0.600. The lowest BCUT2D eigenvalue weighted by Crippen LogP contribution is -1.93. The van der Waals surface area contributed by atoms with Crippen molar-refractivity contribution in [2.75, 3.05) is 0 Å². The second-order valence-corrected chi connectivity index (χ2v) is 4.73. The van der Waals surface area contributed by atoms with Crippen molar-refractivity contribution in [2.24, 2.45) is 5.92 Å². The molecule has 0 saturated carbocycles. The van der Waals surface area contributed by atoms with E-state index in [0.29, 0.717) is 5.92 Å². The van der Waals surface area contributed by atoms with E-state index in [1.807, 2.05) is 6.08 Å². The van der Waals surface area contributed by atoms with Gasteiger partial charge in [-0.3, -0.25) is 0 Å². The Balaban J connectivity index is 2.57. The fourth-order valence-electron chi connectivity index (χ4n) is 2.42. The Hall–Kier alpha value is -0.780. The van der Waals surface area contributed by atoms with Crippen LogP contribution in [0.2, 0.25) is 0 Å². The third-order valence-electron chi connectivity index (χ3n) is 3.90. The van der Waals surface area contributed by atoms with Crippen LogP contribution in [0.3, 0.4) is 0 Å². The van der Waals surface area contributed by atoms with Crippen LogP contribution in [0.4, 0.5) is 0 Å². The molecule has 0 nitrogen and oxygen atoms in total. The molecule has 0 saturated heterocycles. The van der Waals surface area contributed by atoms with Crippen LogP contribution in [0.5, 0.6) is 0 Å². The third-order valence-corrected chi connectivity index (χ3v) is 3.90. The Morgan fingerprint density at radius 1 is 1.13 bits per heavy atom. The molecule has 0 radical (unpaired) electrons. The van der Waals surface area contributed by atoms with E-state index in [2.05, 4.69) is 34.3 Å². The lowest BCUT2D eigenvalue weighted by Gasteiger charge is -2.07. The SMILES string of the molecule is C=CCCCCC1=C(C)C(C)C(C)=C1C. The maximum absolute atomic E-state index is 3.76. The molecule has 1 aliphatic rings. The highest BCUT2D eigenvalue weighted by molar-refractivity contribution is 5.46. The van der Waals surface area contributed by atoms with Gasteiger partial charge in [-0.25, -0.2) is 0 Å². The molecule has 0 aromatic carbocycles. The third kappa shape index (κ3) is 2.62. The summed E-state index contributed by atoms with van der Waals surface area (Å²) in [5, 5.41) is 0. The van der Waals surface area contributed by atoms with Crippen molar-refractivity contribution in [3.63, 3.8) is 0 Å². The number of hydrogen-bond acceptors (Lipinski definition) is 0. The van der Waals surface area contributed by atoms with Gasteiger partial charge in [0.15, 0.2) is 0 Å². The van der Waals surface area contributed by atoms with Crippen molar-refractivity contribution < 1.29 is 0 Å². The summed E-state index contributed by atoms with van der Waals surface area (Å²) in [5.41, 5.74) is 6.36. The molecule has 0 aromatic rings. The average Bonchev–Trinajstić information content (AvgIpc) is 2.41. The summed E-state index contributed by atoms with van der Waals surface area (Å²) >= 11 is 0. The van der Waals surface area contributed by atoms with Crippen molar-refractivity contribution in [2.45, 2.75) is 53.4 Å². The normalized spacial score (nSPS) is 21.5. The molecule has 15 heavy (non-hydrogen) atoms. The molecule has 0 heteroatoms. The summed E-state index contributed by atoms with van der Waals surface area (Å²) in [4.78, 5) is 0. The lowest BCUT2D eigenvalue weighted by molar-refractivity contribution is 0.738. The summed E-state index contributed by atoms with van der Waals surface area (Å²) in [5.74, 6) is 0.680. The molecule has 1 atom stereocenters. The molecule has 1 rings (SSSR count). The van der Waals surface area contributed by atoms with Gasteiger partial charge in [-0.2, -0.15) is 0 Å². The van der Waals surface area contributed by atoms with Gasteiger partial charge < -0.3 is 0 Å². The van der Waals surface area contributed by atoms with Crippen LogP contribution in [-0.2, 0) is 0 Å². The first-order chi connectivity index (χ1) is 7.09. The quantitative estimate of drug-likeness (QED) is 0.435. The van der Waals surface area contributed by atoms with Gasteiger partial charge in [0.25, 0.3) is 0 Å². The molecule has 0 aromatic heterocycles. The Bertz CT molecular complexity index is 302. The van der Waals surface area contributed by atoms with Crippen LogP contribution in [0.25, 0.3) is 0 Å². The maximum Gasteiger partial charge on any atom is -0.00152 e. The number of unbranched alkanes of at least 4 members (excludes halogenated alkanes) is 2. The second kappa shape index (κ2) is 5.34. The van der Waals surface area contributed by atoms with Gasteiger partial charge >= 0.3 is 0 Å². The molecule has 0 amide bonds. The first kappa shape index (κ1) is 12.3. The van der Waals surface area contributed by atoms with E-state index >= 15 is 0 Å². The zero-order chi connectivity index (χ0) is 11.4. The lowest BCUT2D eigenvalue weighted by atomic mass is 9.98. The molecular weight excluding hydrogens is 180 g/mol. The van der Waals surface area contributed by atoms with Crippen molar-refractivity contribution in [3.8, 4) is 0 Å². The molecule has 1 unspecified atom stereocenters. The van der Waals surface area contributed by atoms with Crippen LogP contribution in [0.15, 0.2) is 34.9 Å². The van der Waals surface area contributed by atoms with E-state index in [4.69, 9.17) is 0 Å². The van der Waals surface area contributed by atoms with E-state index in [0.717, 1.165) is 6.42 Å². The minimum atomic E-state index is 0.680. The standard InChI is InChI=1S/C15H24/c1-6-7-8-9-10-15-13(4)11(2)12(3)14(15)5/h6,11H,1,7-10H2,2-5H3. The predicted octanol–water partition coefficient (Wildman–Crippen LogP) is 5.04. The Kier molecular flexibility index (Phi) is 4.38. The van der Waals surface area contributed by atoms with E-state index in [-0.39, 0.29) is 0 Å². The summed E-state index contributed by atoms with van der Waals surface area (Å²) < 4.78 is 0. The highest BCUT2D eigenvalue weighted by Gasteiger charge is 2.21. The van der Waals surface area contributed by atoms with Crippen molar-refractivity contribution in [3.05, 3.63) is 34.9 Å². The second-order valence-electron chi connectivity index (χ2n) is 4.73. The summed E-state index contributed by atoms with van der Waals surface area (Å²) in [7, 11) is 0. The molecule has 0 fully saturated rings. The van der Waals surface area contributed by atoms with Crippen molar-refractivity contribution in [1.29, 1.82) is 0 Å². The van der Waals surface area contributed by atoms with E-state index < -0.39 is 0 Å². The Labute approximate surface area is 94.8 Å². The number of rotatable bonds is 5. The monoisotopic (exact) mass is 204 g/mol. The summed E-state index contributed by atoms with van der Waals surface area (Å²) in [6.07, 6.45) is 7.01. The molecule has 0 aliphatic heterocycles. The van der Waals surface area contributed by atoms with Gasteiger partial charge in [0.1, 0.15) is 0 Å². The fourth-order valence-corrected chi connectivity index (χ4v) is 2.42. The van der Waals surface area contributed by atoms with Crippen molar-refractivity contribution >= 4 is 0 Å². The van der Waals surface area contributed by atoms with Gasteiger partial charge in [-0.1, -0.05) is 24.1 Å². The number of hydrogen-bond donors (Lipinski definition) is 0. The van der Waals surface area contributed by atoms with E-state index in [9.17, 15) is 0 Å². The molecule has 0 N–H and O–H groups in total. The summed E-state index contributed by atoms with van der Waals surface area (Å²) in [6.45, 7) is 12.9. The van der Waals surface area contributed by atoms with E-state index in [1.54, 1.807) is 22.3 Å². The van der Waals surface area contributed by atoms with Crippen LogP contribution in [-0.4, -0.2) is 0 Å². The highest BCUT2D eigenvalue weighted by atomic mass is 14.3. The molecular formula is C15H24. The van der Waals surface area contributed by atoms with E-state index in [1.165, 1.54) is 19.3 Å². The topological polar surface area (TPSA) is 0 Å². The molecule has 0 spiro atoms. The van der Waals surface area contributed by atoms with Gasteiger partial charge in [0.2, 0.25) is 0 Å². The van der Waals surface area contributed by atoms with Gasteiger partial charge in [0, 0.05) is 0 Å².